The molecule has 0 radical (unpaired) electrons. The van der Waals surface area contributed by atoms with Crippen LogP contribution in [-0.4, -0.2) is 36.5 Å². The summed E-state index contributed by atoms with van der Waals surface area (Å²) in [5, 5.41) is 8.84. The maximum Gasteiger partial charge on any atom is 0.307 e. The summed E-state index contributed by atoms with van der Waals surface area (Å²) < 4.78 is 10.4. The maximum absolute atomic E-state index is 12.9. The molecule has 2 aromatic rings. The summed E-state index contributed by atoms with van der Waals surface area (Å²) >= 11 is 0. The van der Waals surface area contributed by atoms with Crippen molar-refractivity contribution >= 4 is 11.9 Å². The van der Waals surface area contributed by atoms with Crippen LogP contribution in [0.4, 0.5) is 0 Å². The second-order valence-corrected chi connectivity index (χ2v) is 6.18. The van der Waals surface area contributed by atoms with Crippen molar-refractivity contribution in [3.05, 3.63) is 59.7 Å². The van der Waals surface area contributed by atoms with Crippen molar-refractivity contribution in [3.8, 4) is 17.6 Å². The number of carbonyl (C=O) groups excluding carboxylic acids is 2. The van der Waals surface area contributed by atoms with Crippen LogP contribution in [-0.2, 0) is 9.53 Å². The van der Waals surface area contributed by atoms with E-state index in [0.717, 1.165) is 0 Å². The lowest BCUT2D eigenvalue weighted by molar-refractivity contribution is -0.140. The first kappa shape index (κ1) is 20.0. The van der Waals surface area contributed by atoms with Crippen molar-refractivity contribution in [2.45, 2.75) is 26.3 Å². The minimum Gasteiger partial charge on any atom is -0.469 e. The zero-order chi connectivity index (χ0) is 19.8. The molecule has 6 nitrogen and oxygen atoms in total. The predicted molar refractivity (Wildman–Crippen MR) is 100 cm³/mol. The van der Waals surface area contributed by atoms with E-state index in [4.69, 9.17) is 10.00 Å². The minimum atomic E-state index is -0.355. The van der Waals surface area contributed by atoms with Crippen LogP contribution >= 0.6 is 0 Å². The van der Waals surface area contributed by atoms with Gasteiger partial charge in [0, 0.05) is 18.2 Å². The molecule has 2 rings (SSSR count). The SMILES string of the molecule is COC(=O)CCN(C(=O)c1cccc(Oc2ccc(C#N)cc2)c1)C(C)C. The van der Waals surface area contributed by atoms with E-state index in [-0.39, 0.29) is 30.9 Å². The monoisotopic (exact) mass is 366 g/mol. The molecule has 6 heteroatoms. The average molecular weight is 366 g/mol. The molecule has 2 aromatic carbocycles. The number of nitrogens with zero attached hydrogens (tertiary/aromatic N) is 2. The maximum atomic E-state index is 12.9. The number of methoxy groups -OCH3 is 1. The van der Waals surface area contributed by atoms with Gasteiger partial charge in [-0.3, -0.25) is 9.59 Å². The Kier molecular flexibility index (Phi) is 6.95. The van der Waals surface area contributed by atoms with Crippen molar-refractivity contribution in [2.75, 3.05) is 13.7 Å². The Hall–Kier alpha value is -3.33. The number of hydrogen-bond acceptors (Lipinski definition) is 5. The van der Waals surface area contributed by atoms with Crippen molar-refractivity contribution in [1.29, 1.82) is 5.26 Å². The summed E-state index contributed by atoms with van der Waals surface area (Å²) in [6.45, 7) is 4.07. The number of carbonyl (C=O) groups is 2. The summed E-state index contributed by atoms with van der Waals surface area (Å²) in [6.07, 6.45) is 0.141. The van der Waals surface area contributed by atoms with Crippen LogP contribution in [0, 0.1) is 11.3 Å². The fraction of sp³-hybridized carbons (Fsp3) is 0.286. The molecule has 0 saturated carbocycles. The van der Waals surface area contributed by atoms with Gasteiger partial charge in [0.2, 0.25) is 0 Å². The van der Waals surface area contributed by atoms with Gasteiger partial charge >= 0.3 is 5.97 Å². The lowest BCUT2D eigenvalue weighted by Gasteiger charge is -2.26. The van der Waals surface area contributed by atoms with Gasteiger partial charge in [0.05, 0.1) is 25.2 Å². The summed E-state index contributed by atoms with van der Waals surface area (Å²) in [5.74, 6) is 0.553. The zero-order valence-corrected chi connectivity index (χ0v) is 15.6. The van der Waals surface area contributed by atoms with E-state index in [1.54, 1.807) is 53.4 Å². The van der Waals surface area contributed by atoms with Gasteiger partial charge in [-0.15, -0.1) is 0 Å². The zero-order valence-electron chi connectivity index (χ0n) is 15.6. The molecule has 0 N–H and O–H groups in total. The summed E-state index contributed by atoms with van der Waals surface area (Å²) in [4.78, 5) is 25.9. The molecule has 0 saturated heterocycles. The fourth-order valence-corrected chi connectivity index (χ4v) is 2.50. The second kappa shape index (κ2) is 9.39. The normalized spacial score (nSPS) is 10.2. The average Bonchev–Trinajstić information content (AvgIpc) is 2.68. The van der Waals surface area contributed by atoms with Crippen LogP contribution in [0.15, 0.2) is 48.5 Å². The second-order valence-electron chi connectivity index (χ2n) is 6.18. The highest BCUT2D eigenvalue weighted by Gasteiger charge is 2.20. The fourth-order valence-electron chi connectivity index (χ4n) is 2.50. The van der Waals surface area contributed by atoms with Crippen molar-refractivity contribution in [3.63, 3.8) is 0 Å². The standard InChI is InChI=1S/C21H22N2O4/c1-15(2)23(12-11-20(24)26-3)21(25)17-5-4-6-19(13-17)27-18-9-7-16(14-22)8-10-18/h4-10,13,15H,11-12H2,1-3H3. The lowest BCUT2D eigenvalue weighted by atomic mass is 10.1. The molecular weight excluding hydrogens is 344 g/mol. The molecule has 0 aromatic heterocycles. The van der Waals surface area contributed by atoms with Crippen LogP contribution in [0.25, 0.3) is 0 Å². The van der Waals surface area contributed by atoms with Crippen molar-refractivity contribution in [1.82, 2.24) is 4.90 Å². The molecule has 0 aliphatic heterocycles. The van der Waals surface area contributed by atoms with Crippen LogP contribution < -0.4 is 4.74 Å². The highest BCUT2D eigenvalue weighted by atomic mass is 16.5. The largest absolute Gasteiger partial charge is 0.469 e. The Labute approximate surface area is 158 Å². The Morgan fingerprint density at radius 1 is 1.11 bits per heavy atom. The summed E-state index contributed by atoms with van der Waals surface area (Å²) in [7, 11) is 1.33. The topological polar surface area (TPSA) is 79.6 Å². The molecule has 0 unspecified atom stereocenters. The quantitative estimate of drug-likeness (QED) is 0.697. The van der Waals surface area contributed by atoms with Crippen LogP contribution in [0.1, 0.15) is 36.2 Å². The molecule has 0 spiro atoms. The van der Waals surface area contributed by atoms with E-state index in [1.807, 2.05) is 13.8 Å². The molecule has 1 amide bonds. The van der Waals surface area contributed by atoms with Gasteiger partial charge in [0.25, 0.3) is 5.91 Å². The Morgan fingerprint density at radius 2 is 1.81 bits per heavy atom. The van der Waals surface area contributed by atoms with E-state index >= 15 is 0 Å². The molecular formula is C21H22N2O4. The predicted octanol–water partition coefficient (Wildman–Crippen LogP) is 3.76. The molecule has 0 aliphatic carbocycles. The smallest absolute Gasteiger partial charge is 0.307 e. The molecule has 0 heterocycles. The molecule has 27 heavy (non-hydrogen) atoms. The first-order chi connectivity index (χ1) is 12.9. The number of amides is 1. The van der Waals surface area contributed by atoms with E-state index in [1.165, 1.54) is 7.11 Å². The highest BCUT2D eigenvalue weighted by molar-refractivity contribution is 5.95. The van der Waals surface area contributed by atoms with E-state index in [2.05, 4.69) is 10.8 Å². The van der Waals surface area contributed by atoms with Crippen molar-refractivity contribution in [2.24, 2.45) is 0 Å². The van der Waals surface area contributed by atoms with Gasteiger partial charge in [-0.2, -0.15) is 5.26 Å². The molecule has 0 bridgehead atoms. The number of rotatable bonds is 7. The van der Waals surface area contributed by atoms with Crippen LogP contribution in [0.2, 0.25) is 0 Å². The molecule has 0 atom stereocenters. The van der Waals surface area contributed by atoms with Gasteiger partial charge in [-0.25, -0.2) is 0 Å². The highest BCUT2D eigenvalue weighted by Crippen LogP contribution is 2.23. The van der Waals surface area contributed by atoms with Crippen LogP contribution in [0.3, 0.4) is 0 Å². The molecule has 0 aliphatic rings. The third-order valence-corrected chi connectivity index (χ3v) is 3.97. The lowest BCUT2D eigenvalue weighted by Crippen LogP contribution is -2.38. The number of esters is 1. The van der Waals surface area contributed by atoms with Crippen molar-refractivity contribution < 1.29 is 19.1 Å². The number of ether oxygens (including phenoxy) is 2. The summed E-state index contributed by atoms with van der Waals surface area (Å²) in [6, 6.07) is 15.6. The van der Waals surface area contributed by atoms with Gasteiger partial charge in [-0.05, 0) is 56.3 Å². The van der Waals surface area contributed by atoms with E-state index in [9.17, 15) is 9.59 Å². The summed E-state index contributed by atoms with van der Waals surface area (Å²) in [5.41, 5.74) is 1.02. The van der Waals surface area contributed by atoms with Gasteiger partial charge in [0.1, 0.15) is 11.5 Å². The first-order valence-corrected chi connectivity index (χ1v) is 8.60. The Balaban J connectivity index is 2.14. The van der Waals surface area contributed by atoms with E-state index in [0.29, 0.717) is 22.6 Å². The van der Waals surface area contributed by atoms with Gasteiger partial charge in [-0.1, -0.05) is 6.07 Å². The number of benzene rings is 2. The van der Waals surface area contributed by atoms with Gasteiger partial charge < -0.3 is 14.4 Å². The number of hydrogen-bond donors (Lipinski definition) is 0. The molecule has 0 fully saturated rings. The third-order valence-electron chi connectivity index (χ3n) is 3.97. The van der Waals surface area contributed by atoms with Gasteiger partial charge in [0.15, 0.2) is 0 Å². The first-order valence-electron chi connectivity index (χ1n) is 8.60. The van der Waals surface area contributed by atoms with Crippen LogP contribution in [0.5, 0.6) is 11.5 Å². The van der Waals surface area contributed by atoms with E-state index < -0.39 is 0 Å². The Bertz CT molecular complexity index is 838. The minimum absolute atomic E-state index is 0.0646. The Morgan fingerprint density at radius 3 is 2.41 bits per heavy atom. The molecule has 140 valence electrons. The number of nitriles is 1. The third kappa shape index (κ3) is 5.58.